The van der Waals surface area contributed by atoms with Crippen LogP contribution in [0, 0.1) is 0 Å². The molecule has 0 heterocycles. The zero-order chi connectivity index (χ0) is 16.1. The number of ketones is 1. The summed E-state index contributed by atoms with van der Waals surface area (Å²) >= 11 is 5.76. The van der Waals surface area contributed by atoms with Crippen molar-refractivity contribution >= 4 is 29.6 Å². The number of halogens is 1. The topological polar surface area (TPSA) is 60.4 Å². The van der Waals surface area contributed by atoms with E-state index in [1.807, 2.05) is 0 Å². The summed E-state index contributed by atoms with van der Waals surface area (Å²) in [5.74, 6) is -0.929. The first-order valence-electron chi connectivity index (χ1n) is 6.57. The maximum absolute atomic E-state index is 12.2. The molecule has 4 nitrogen and oxygen atoms in total. The third-order valence-electron chi connectivity index (χ3n) is 3.06. The molecule has 22 heavy (non-hydrogen) atoms. The van der Waals surface area contributed by atoms with Crippen molar-refractivity contribution in [3.8, 4) is 0 Å². The van der Waals surface area contributed by atoms with E-state index in [0.717, 1.165) is 0 Å². The van der Waals surface area contributed by atoms with Crippen LogP contribution in [0.15, 0.2) is 48.5 Å². The minimum Gasteiger partial charge on any atom is -0.451 e. The molecule has 0 fully saturated rings. The Kier molecular flexibility index (Phi) is 5.07. The second kappa shape index (κ2) is 7.00. The van der Waals surface area contributed by atoms with Crippen LogP contribution in [-0.4, -0.2) is 24.1 Å². The van der Waals surface area contributed by atoms with Crippen LogP contribution < -0.4 is 0 Å². The fourth-order valence-electron chi connectivity index (χ4n) is 1.83. The zero-order valence-corrected chi connectivity index (χ0v) is 12.5. The first-order chi connectivity index (χ1) is 10.5. The molecule has 0 saturated carbocycles. The van der Waals surface area contributed by atoms with Gasteiger partial charge in [-0.3, -0.25) is 9.59 Å². The number of carbonyl (C=O) groups is 3. The average Bonchev–Trinajstić information content (AvgIpc) is 2.54. The summed E-state index contributed by atoms with van der Waals surface area (Å²) in [5.41, 5.74) is 1.16. The van der Waals surface area contributed by atoms with Crippen LogP contribution in [0.25, 0.3) is 0 Å². The van der Waals surface area contributed by atoms with E-state index in [0.29, 0.717) is 22.4 Å². The van der Waals surface area contributed by atoms with E-state index in [1.54, 1.807) is 24.3 Å². The molecular weight excluding hydrogens is 304 g/mol. The fourth-order valence-corrected chi connectivity index (χ4v) is 1.95. The van der Waals surface area contributed by atoms with Crippen molar-refractivity contribution < 1.29 is 19.1 Å². The minimum atomic E-state index is -0.917. The quantitative estimate of drug-likeness (QED) is 0.480. The van der Waals surface area contributed by atoms with Gasteiger partial charge in [0.15, 0.2) is 6.10 Å². The van der Waals surface area contributed by atoms with Gasteiger partial charge in [0.2, 0.25) is 5.78 Å². The van der Waals surface area contributed by atoms with E-state index in [-0.39, 0.29) is 11.3 Å². The van der Waals surface area contributed by atoms with Gasteiger partial charge in [0.05, 0.1) is 5.56 Å². The predicted octanol–water partition coefficient (Wildman–Crippen LogP) is 3.58. The van der Waals surface area contributed by atoms with Crippen molar-refractivity contribution in [3.63, 3.8) is 0 Å². The Morgan fingerprint density at radius 2 is 1.55 bits per heavy atom. The number of carbonyl (C=O) groups excluding carboxylic acids is 3. The molecule has 0 aliphatic carbocycles. The summed E-state index contributed by atoms with van der Waals surface area (Å²) in [6, 6.07) is 12.3. The number of benzene rings is 2. The SMILES string of the molecule is C[C@H](OC(=O)c1ccc(C=O)cc1)C(=O)c1ccc(Cl)cc1. The second-order valence-corrected chi connectivity index (χ2v) is 5.09. The molecule has 112 valence electrons. The normalized spacial score (nSPS) is 11.5. The maximum atomic E-state index is 12.2. The summed E-state index contributed by atoms with van der Waals surface area (Å²) in [7, 11) is 0. The van der Waals surface area contributed by atoms with E-state index >= 15 is 0 Å². The van der Waals surface area contributed by atoms with E-state index in [1.165, 1.54) is 31.2 Å². The molecule has 0 aliphatic rings. The van der Waals surface area contributed by atoms with Gasteiger partial charge in [-0.1, -0.05) is 23.7 Å². The van der Waals surface area contributed by atoms with Crippen molar-refractivity contribution in [3.05, 3.63) is 70.2 Å². The summed E-state index contributed by atoms with van der Waals surface area (Å²) in [4.78, 5) is 34.7. The number of ether oxygens (including phenoxy) is 1. The number of Topliss-reactive ketones (excluding diaryl/α,β-unsaturated/α-hetero) is 1. The van der Waals surface area contributed by atoms with E-state index in [9.17, 15) is 14.4 Å². The van der Waals surface area contributed by atoms with Gasteiger partial charge < -0.3 is 4.74 Å². The molecule has 1 atom stereocenters. The zero-order valence-electron chi connectivity index (χ0n) is 11.8. The molecule has 0 unspecified atom stereocenters. The van der Waals surface area contributed by atoms with Crippen molar-refractivity contribution in [2.45, 2.75) is 13.0 Å². The summed E-state index contributed by atoms with van der Waals surface area (Å²) in [6.45, 7) is 1.51. The predicted molar refractivity (Wildman–Crippen MR) is 82.5 cm³/mol. The number of esters is 1. The molecule has 0 N–H and O–H groups in total. The van der Waals surface area contributed by atoms with E-state index in [4.69, 9.17) is 16.3 Å². The minimum absolute atomic E-state index is 0.279. The molecule has 0 aromatic heterocycles. The Bertz CT molecular complexity index is 690. The van der Waals surface area contributed by atoms with Crippen LogP contribution >= 0.6 is 11.6 Å². The van der Waals surface area contributed by atoms with E-state index in [2.05, 4.69) is 0 Å². The lowest BCUT2D eigenvalue weighted by Crippen LogP contribution is -2.24. The molecule has 0 saturated heterocycles. The van der Waals surface area contributed by atoms with Crippen LogP contribution in [0.5, 0.6) is 0 Å². The average molecular weight is 317 g/mol. The highest BCUT2D eigenvalue weighted by Crippen LogP contribution is 2.13. The molecular formula is C17H13ClO4. The molecule has 2 aromatic carbocycles. The molecule has 0 bridgehead atoms. The Balaban J connectivity index is 2.05. The highest BCUT2D eigenvalue weighted by atomic mass is 35.5. The molecule has 2 aromatic rings. The van der Waals surface area contributed by atoms with Gasteiger partial charge >= 0.3 is 5.97 Å². The van der Waals surface area contributed by atoms with Crippen molar-refractivity contribution in [2.24, 2.45) is 0 Å². The van der Waals surface area contributed by atoms with Crippen LogP contribution in [0.3, 0.4) is 0 Å². The van der Waals surface area contributed by atoms with Gasteiger partial charge in [-0.15, -0.1) is 0 Å². The number of rotatable bonds is 5. The van der Waals surface area contributed by atoms with Crippen molar-refractivity contribution in [1.29, 1.82) is 0 Å². The van der Waals surface area contributed by atoms with Crippen LogP contribution in [0.1, 0.15) is 38.0 Å². The first-order valence-corrected chi connectivity index (χ1v) is 6.95. The lowest BCUT2D eigenvalue weighted by Gasteiger charge is -2.12. The van der Waals surface area contributed by atoms with Crippen molar-refractivity contribution in [1.82, 2.24) is 0 Å². The van der Waals surface area contributed by atoms with Crippen LogP contribution in [0.2, 0.25) is 5.02 Å². The lowest BCUT2D eigenvalue weighted by molar-refractivity contribution is 0.0319. The van der Waals surface area contributed by atoms with Gasteiger partial charge in [0.25, 0.3) is 0 Å². The third-order valence-corrected chi connectivity index (χ3v) is 3.32. The van der Waals surface area contributed by atoms with Crippen molar-refractivity contribution in [2.75, 3.05) is 0 Å². The standard InChI is InChI=1S/C17H13ClO4/c1-11(16(20)13-6-8-15(18)9-7-13)22-17(21)14-4-2-12(10-19)3-5-14/h2-11H,1H3/t11-/m0/s1. The Morgan fingerprint density at radius 1 is 1.00 bits per heavy atom. The number of hydrogen-bond acceptors (Lipinski definition) is 4. The highest BCUT2D eigenvalue weighted by Gasteiger charge is 2.20. The largest absolute Gasteiger partial charge is 0.451 e. The Labute approximate surface area is 132 Å². The number of hydrogen-bond donors (Lipinski definition) is 0. The van der Waals surface area contributed by atoms with Gasteiger partial charge in [-0.25, -0.2) is 4.79 Å². The highest BCUT2D eigenvalue weighted by molar-refractivity contribution is 6.30. The summed E-state index contributed by atoms with van der Waals surface area (Å²) < 4.78 is 5.15. The smallest absolute Gasteiger partial charge is 0.338 e. The van der Waals surface area contributed by atoms with Crippen LogP contribution in [0.4, 0.5) is 0 Å². The molecule has 0 aliphatic heterocycles. The molecule has 2 rings (SSSR count). The summed E-state index contributed by atoms with van der Waals surface area (Å²) in [6.07, 6.45) is -0.235. The molecule has 0 spiro atoms. The lowest BCUT2D eigenvalue weighted by atomic mass is 10.1. The molecule has 0 radical (unpaired) electrons. The monoisotopic (exact) mass is 316 g/mol. The van der Waals surface area contributed by atoms with Gasteiger partial charge in [-0.05, 0) is 43.3 Å². The van der Waals surface area contributed by atoms with Gasteiger partial charge in [0, 0.05) is 16.1 Å². The van der Waals surface area contributed by atoms with Gasteiger partial charge in [-0.2, -0.15) is 0 Å². The fraction of sp³-hybridized carbons (Fsp3) is 0.118. The van der Waals surface area contributed by atoms with E-state index < -0.39 is 12.1 Å². The third kappa shape index (κ3) is 3.80. The second-order valence-electron chi connectivity index (χ2n) is 4.66. The molecule has 0 amide bonds. The number of aldehydes is 1. The summed E-state index contributed by atoms with van der Waals surface area (Å²) in [5, 5.41) is 0.525. The maximum Gasteiger partial charge on any atom is 0.338 e. The van der Waals surface area contributed by atoms with Gasteiger partial charge in [0.1, 0.15) is 6.29 Å². The Hall–Kier alpha value is -2.46. The first kappa shape index (κ1) is 15.9. The molecule has 5 heteroatoms. The van der Waals surface area contributed by atoms with Crippen LogP contribution in [-0.2, 0) is 4.74 Å². The Morgan fingerprint density at radius 3 is 2.09 bits per heavy atom.